The van der Waals surface area contributed by atoms with Crippen molar-refractivity contribution in [1.29, 1.82) is 0 Å². The van der Waals surface area contributed by atoms with Crippen LogP contribution in [0.4, 0.5) is 0 Å². The van der Waals surface area contributed by atoms with E-state index in [1.807, 2.05) is 0 Å². The molecule has 14 heteroatoms. The van der Waals surface area contributed by atoms with E-state index >= 15 is 0 Å². The number of aliphatic hydroxyl groups is 1. The average molecular weight is 538 g/mol. The molecule has 0 heterocycles. The number of amides is 3. The fourth-order valence-electron chi connectivity index (χ4n) is 3.45. The number of carbonyl (C=O) groups excluding carboxylic acids is 3. The van der Waals surface area contributed by atoms with Crippen molar-refractivity contribution < 1.29 is 34.5 Å². The van der Waals surface area contributed by atoms with Crippen molar-refractivity contribution in [2.24, 2.45) is 28.1 Å². The molecule has 1 aromatic rings. The number of rotatable bonds is 15. The monoisotopic (exact) mass is 537 g/mol. The summed E-state index contributed by atoms with van der Waals surface area (Å²) in [6.45, 7) is 4.61. The number of guanidine groups is 1. The minimum atomic E-state index is -1.49. The fraction of sp³-hybridized carbons (Fsp3) is 0.542. The Bertz CT molecular complexity index is 979. The van der Waals surface area contributed by atoms with Crippen LogP contribution in [0.25, 0.3) is 0 Å². The Kier molecular flexibility index (Phi) is 13.0. The molecule has 212 valence electrons. The first-order chi connectivity index (χ1) is 17.7. The van der Waals surface area contributed by atoms with E-state index in [1.54, 1.807) is 26.0 Å². The number of aromatic hydroxyl groups is 1. The summed E-state index contributed by atoms with van der Waals surface area (Å²) in [5.74, 6) is -4.15. The predicted molar refractivity (Wildman–Crippen MR) is 140 cm³/mol. The van der Waals surface area contributed by atoms with Gasteiger partial charge in [0.1, 0.15) is 23.9 Å². The Morgan fingerprint density at radius 1 is 0.921 bits per heavy atom. The van der Waals surface area contributed by atoms with Crippen LogP contribution in [-0.4, -0.2) is 81.8 Å². The zero-order chi connectivity index (χ0) is 29.0. The highest BCUT2D eigenvalue weighted by molar-refractivity contribution is 5.94. The summed E-state index contributed by atoms with van der Waals surface area (Å²) in [4.78, 5) is 53.9. The summed E-state index contributed by atoms with van der Waals surface area (Å²) < 4.78 is 0. The summed E-state index contributed by atoms with van der Waals surface area (Å²) in [5.41, 5.74) is 17.3. The maximum absolute atomic E-state index is 13.1. The molecule has 0 bridgehead atoms. The number of carboxylic acid groups (broad SMARTS) is 1. The van der Waals surface area contributed by atoms with Gasteiger partial charge in [-0.3, -0.25) is 19.4 Å². The van der Waals surface area contributed by atoms with Gasteiger partial charge < -0.3 is 48.5 Å². The van der Waals surface area contributed by atoms with Crippen LogP contribution in [0, 0.1) is 5.92 Å². The molecular formula is C24H39N7O7. The lowest BCUT2D eigenvalue weighted by molar-refractivity contribution is -0.144. The first-order valence-corrected chi connectivity index (χ1v) is 12.1. The van der Waals surface area contributed by atoms with Crippen molar-refractivity contribution in [3.8, 4) is 5.75 Å². The van der Waals surface area contributed by atoms with Crippen LogP contribution in [0.3, 0.4) is 0 Å². The van der Waals surface area contributed by atoms with Crippen molar-refractivity contribution in [2.45, 2.75) is 70.3 Å². The smallest absolute Gasteiger partial charge is 0.326 e. The van der Waals surface area contributed by atoms with Crippen molar-refractivity contribution in [1.82, 2.24) is 16.0 Å². The molecule has 1 rings (SSSR count). The molecule has 12 N–H and O–H groups in total. The molecule has 0 saturated heterocycles. The highest BCUT2D eigenvalue weighted by Gasteiger charge is 2.33. The highest BCUT2D eigenvalue weighted by atomic mass is 16.4. The molecule has 0 aliphatic carbocycles. The average Bonchev–Trinajstić information content (AvgIpc) is 2.82. The van der Waals surface area contributed by atoms with Crippen LogP contribution in [0.5, 0.6) is 5.75 Å². The molecule has 38 heavy (non-hydrogen) atoms. The second-order valence-corrected chi connectivity index (χ2v) is 9.28. The number of hydrogen-bond donors (Lipinski definition) is 9. The van der Waals surface area contributed by atoms with Gasteiger partial charge >= 0.3 is 5.97 Å². The third-order valence-corrected chi connectivity index (χ3v) is 5.60. The van der Waals surface area contributed by atoms with Gasteiger partial charge in [0.25, 0.3) is 0 Å². The van der Waals surface area contributed by atoms with Gasteiger partial charge in [-0.15, -0.1) is 0 Å². The number of phenolic OH excluding ortho intramolecular Hbond substituents is 1. The molecule has 0 saturated carbocycles. The van der Waals surface area contributed by atoms with Crippen LogP contribution >= 0.6 is 0 Å². The molecular weight excluding hydrogens is 498 g/mol. The molecule has 0 spiro atoms. The topological polar surface area (TPSA) is 255 Å². The standard InChI is InChI=1S/C24H39N7O7/c1-12(2)18(23(37)38)30-22(36)19(13(3)32)31-21(35)17(5-4-10-28-24(26)27)29-20(34)16(25)11-14-6-8-15(33)9-7-14/h6-9,12-13,16-19,32-33H,4-5,10-11,25H2,1-3H3,(H,29,34)(H,30,36)(H,31,35)(H,37,38)(H4,26,27,28). The second-order valence-electron chi connectivity index (χ2n) is 9.28. The van der Waals surface area contributed by atoms with Gasteiger partial charge in [0, 0.05) is 6.54 Å². The number of hydrogen-bond acceptors (Lipinski definition) is 8. The van der Waals surface area contributed by atoms with Gasteiger partial charge in [-0.05, 0) is 49.8 Å². The van der Waals surface area contributed by atoms with E-state index in [4.69, 9.17) is 17.2 Å². The molecule has 3 amide bonds. The van der Waals surface area contributed by atoms with Gasteiger partial charge in [0.2, 0.25) is 17.7 Å². The van der Waals surface area contributed by atoms with E-state index in [2.05, 4.69) is 20.9 Å². The molecule has 0 aromatic heterocycles. The molecule has 0 aliphatic rings. The van der Waals surface area contributed by atoms with Crippen molar-refractivity contribution in [3.05, 3.63) is 29.8 Å². The maximum atomic E-state index is 13.1. The second kappa shape index (κ2) is 15.4. The minimum Gasteiger partial charge on any atom is -0.508 e. The lowest BCUT2D eigenvalue weighted by Crippen LogP contribution is -2.60. The predicted octanol–water partition coefficient (Wildman–Crippen LogP) is -2.11. The SMILES string of the molecule is CC(C)C(NC(=O)C(NC(=O)C(CCCN=C(N)N)NC(=O)C(N)Cc1ccc(O)cc1)C(C)O)C(=O)O. The molecule has 14 nitrogen and oxygen atoms in total. The van der Waals surface area contributed by atoms with Gasteiger partial charge in [0.15, 0.2) is 5.96 Å². The van der Waals surface area contributed by atoms with Crippen LogP contribution < -0.4 is 33.2 Å². The van der Waals surface area contributed by atoms with E-state index in [9.17, 15) is 34.5 Å². The molecule has 1 aromatic carbocycles. The van der Waals surface area contributed by atoms with Gasteiger partial charge in [0.05, 0.1) is 12.1 Å². The third kappa shape index (κ3) is 11.0. The van der Waals surface area contributed by atoms with E-state index in [0.717, 1.165) is 0 Å². The summed E-state index contributed by atoms with van der Waals surface area (Å²) in [6.07, 6.45) is -0.907. The number of carbonyl (C=O) groups is 4. The number of nitrogens with one attached hydrogen (secondary N) is 3. The third-order valence-electron chi connectivity index (χ3n) is 5.60. The quantitative estimate of drug-likeness (QED) is 0.0668. The Balaban J connectivity index is 3.00. The van der Waals surface area contributed by atoms with Crippen LogP contribution in [-0.2, 0) is 25.6 Å². The van der Waals surface area contributed by atoms with Gasteiger partial charge in [-0.1, -0.05) is 26.0 Å². The lowest BCUT2D eigenvalue weighted by Gasteiger charge is -2.27. The number of phenols is 1. The van der Waals surface area contributed by atoms with Gasteiger partial charge in [-0.25, -0.2) is 4.79 Å². The fourth-order valence-corrected chi connectivity index (χ4v) is 3.45. The summed E-state index contributed by atoms with van der Waals surface area (Å²) in [5, 5.41) is 36.2. The van der Waals surface area contributed by atoms with Gasteiger partial charge in [-0.2, -0.15) is 0 Å². The zero-order valence-corrected chi connectivity index (χ0v) is 21.8. The Morgan fingerprint density at radius 3 is 2.00 bits per heavy atom. The van der Waals surface area contributed by atoms with Crippen molar-refractivity contribution in [3.63, 3.8) is 0 Å². The summed E-state index contributed by atoms with van der Waals surface area (Å²) in [7, 11) is 0. The molecule has 0 radical (unpaired) electrons. The maximum Gasteiger partial charge on any atom is 0.326 e. The van der Waals surface area contributed by atoms with E-state index in [0.29, 0.717) is 5.56 Å². The Labute approximate surface area is 221 Å². The van der Waals surface area contributed by atoms with E-state index < -0.39 is 59.9 Å². The van der Waals surface area contributed by atoms with Crippen molar-refractivity contribution in [2.75, 3.05) is 6.54 Å². The largest absolute Gasteiger partial charge is 0.508 e. The Morgan fingerprint density at radius 2 is 1.50 bits per heavy atom. The number of benzene rings is 1. The number of nitrogens with zero attached hydrogens (tertiary/aromatic N) is 1. The summed E-state index contributed by atoms with van der Waals surface area (Å²) in [6, 6.07) is 1.18. The molecule has 5 unspecified atom stereocenters. The van der Waals surface area contributed by atoms with Crippen LogP contribution in [0.15, 0.2) is 29.3 Å². The minimum absolute atomic E-state index is 0.0593. The normalized spacial score (nSPS) is 14.9. The number of carboxylic acids is 1. The first kappa shape index (κ1) is 32.1. The molecule has 0 aliphatic heterocycles. The van der Waals surface area contributed by atoms with Crippen LogP contribution in [0.1, 0.15) is 39.2 Å². The lowest BCUT2D eigenvalue weighted by atomic mass is 10.0. The number of aliphatic hydroxyl groups excluding tert-OH is 1. The Hall–Kier alpha value is -3.91. The van der Waals surface area contributed by atoms with E-state index in [1.165, 1.54) is 19.1 Å². The first-order valence-electron chi connectivity index (χ1n) is 12.1. The molecule has 5 atom stereocenters. The molecule has 0 fully saturated rings. The number of aliphatic imine (C=N–C) groups is 1. The number of aliphatic carboxylic acids is 1. The van der Waals surface area contributed by atoms with Crippen LogP contribution in [0.2, 0.25) is 0 Å². The highest BCUT2D eigenvalue weighted by Crippen LogP contribution is 2.11. The van der Waals surface area contributed by atoms with E-state index in [-0.39, 0.29) is 37.5 Å². The van der Waals surface area contributed by atoms with Crippen molar-refractivity contribution >= 4 is 29.7 Å². The zero-order valence-electron chi connectivity index (χ0n) is 21.8. The number of nitrogens with two attached hydrogens (primary N) is 3. The summed E-state index contributed by atoms with van der Waals surface area (Å²) >= 11 is 0.